The van der Waals surface area contributed by atoms with Crippen molar-refractivity contribution in [2.24, 2.45) is 10.9 Å². The molecule has 0 radical (unpaired) electrons. The zero-order valence-corrected chi connectivity index (χ0v) is 13.7. The van der Waals surface area contributed by atoms with Gasteiger partial charge in [-0.05, 0) is 17.2 Å². The van der Waals surface area contributed by atoms with Crippen LogP contribution < -0.4 is 5.73 Å². The molecule has 0 bridgehead atoms. The van der Waals surface area contributed by atoms with Gasteiger partial charge in [0.2, 0.25) is 0 Å². The number of nitrogens with zero attached hydrogens (tertiary/aromatic N) is 2. The quantitative estimate of drug-likeness (QED) is 0.503. The fourth-order valence-electron chi connectivity index (χ4n) is 2.65. The average molecular weight is 325 g/mol. The summed E-state index contributed by atoms with van der Waals surface area (Å²) in [5, 5.41) is 4.04. The normalized spacial score (nSPS) is 16.1. The molecule has 24 heavy (non-hydrogen) atoms. The van der Waals surface area contributed by atoms with E-state index in [9.17, 15) is 0 Å². The first-order chi connectivity index (χ1) is 11.8. The third-order valence-electron chi connectivity index (χ3n) is 3.97. The van der Waals surface area contributed by atoms with Crippen LogP contribution in [0.25, 0.3) is 0 Å². The van der Waals surface area contributed by atoms with Gasteiger partial charge in [0, 0.05) is 25.2 Å². The minimum Gasteiger partial charge on any atom is -0.389 e. The van der Waals surface area contributed by atoms with E-state index in [1.807, 2.05) is 42.5 Å². The summed E-state index contributed by atoms with van der Waals surface area (Å²) in [7, 11) is 0. The van der Waals surface area contributed by atoms with E-state index in [1.165, 1.54) is 5.56 Å². The van der Waals surface area contributed by atoms with Crippen LogP contribution in [0.15, 0.2) is 59.8 Å². The SMILES string of the molecule is NC(=NOCc1ccccc1)c1cccc(CN2CCOCC2)c1. The van der Waals surface area contributed by atoms with Crippen molar-refractivity contribution >= 4 is 5.84 Å². The van der Waals surface area contributed by atoms with Crippen LogP contribution in [-0.2, 0) is 22.7 Å². The topological polar surface area (TPSA) is 60.1 Å². The highest BCUT2D eigenvalue weighted by molar-refractivity contribution is 5.97. The zero-order chi connectivity index (χ0) is 16.6. The minimum absolute atomic E-state index is 0.398. The number of oxime groups is 1. The van der Waals surface area contributed by atoms with Crippen molar-refractivity contribution in [3.63, 3.8) is 0 Å². The number of nitrogens with two attached hydrogens (primary N) is 1. The van der Waals surface area contributed by atoms with E-state index in [0.29, 0.717) is 12.4 Å². The van der Waals surface area contributed by atoms with Crippen molar-refractivity contribution in [1.29, 1.82) is 0 Å². The first-order valence-electron chi connectivity index (χ1n) is 8.20. The van der Waals surface area contributed by atoms with Crippen LogP contribution in [0.5, 0.6) is 0 Å². The highest BCUT2D eigenvalue weighted by atomic mass is 16.6. The molecule has 126 valence electrons. The van der Waals surface area contributed by atoms with Gasteiger partial charge in [-0.15, -0.1) is 0 Å². The zero-order valence-electron chi connectivity index (χ0n) is 13.7. The van der Waals surface area contributed by atoms with Gasteiger partial charge < -0.3 is 15.3 Å². The lowest BCUT2D eigenvalue weighted by Gasteiger charge is -2.26. The van der Waals surface area contributed by atoms with E-state index in [0.717, 1.165) is 44.0 Å². The Labute approximate surface area is 142 Å². The smallest absolute Gasteiger partial charge is 0.170 e. The van der Waals surface area contributed by atoms with Crippen molar-refractivity contribution in [3.8, 4) is 0 Å². The average Bonchev–Trinajstić information content (AvgIpc) is 2.64. The van der Waals surface area contributed by atoms with Crippen molar-refractivity contribution in [1.82, 2.24) is 4.90 Å². The molecule has 0 amide bonds. The number of hydrogen-bond donors (Lipinski definition) is 1. The first kappa shape index (κ1) is 16.5. The van der Waals surface area contributed by atoms with Crippen molar-refractivity contribution in [3.05, 3.63) is 71.3 Å². The molecule has 0 unspecified atom stereocenters. The van der Waals surface area contributed by atoms with Crippen LogP contribution in [0.4, 0.5) is 0 Å². The molecule has 0 saturated carbocycles. The summed E-state index contributed by atoms with van der Waals surface area (Å²) in [5.41, 5.74) is 9.22. The molecule has 5 nitrogen and oxygen atoms in total. The molecular formula is C19H23N3O2. The van der Waals surface area contributed by atoms with Gasteiger partial charge in [0.1, 0.15) is 6.61 Å². The van der Waals surface area contributed by atoms with Gasteiger partial charge in [0.25, 0.3) is 0 Å². The molecule has 5 heteroatoms. The Hall–Kier alpha value is -2.37. The van der Waals surface area contributed by atoms with Gasteiger partial charge in [0.15, 0.2) is 5.84 Å². The van der Waals surface area contributed by atoms with Crippen LogP contribution >= 0.6 is 0 Å². The highest BCUT2D eigenvalue weighted by Crippen LogP contribution is 2.10. The minimum atomic E-state index is 0.398. The van der Waals surface area contributed by atoms with E-state index in [1.54, 1.807) is 0 Å². The van der Waals surface area contributed by atoms with E-state index in [4.69, 9.17) is 15.3 Å². The number of hydrogen-bond acceptors (Lipinski definition) is 4. The standard InChI is InChI=1S/C19H23N3O2/c20-19(21-24-15-16-5-2-1-3-6-16)18-8-4-7-17(13-18)14-22-9-11-23-12-10-22/h1-8,13H,9-12,14-15H2,(H2,20,21). The Kier molecular flexibility index (Phi) is 5.82. The highest BCUT2D eigenvalue weighted by Gasteiger charge is 2.11. The summed E-state index contributed by atoms with van der Waals surface area (Å²) in [5.74, 6) is 0.398. The van der Waals surface area contributed by atoms with Crippen LogP contribution in [0.2, 0.25) is 0 Å². The van der Waals surface area contributed by atoms with E-state index in [-0.39, 0.29) is 0 Å². The molecule has 0 aromatic heterocycles. The van der Waals surface area contributed by atoms with Crippen molar-refractivity contribution in [2.45, 2.75) is 13.2 Å². The summed E-state index contributed by atoms with van der Waals surface area (Å²) in [6, 6.07) is 18.0. The van der Waals surface area contributed by atoms with E-state index < -0.39 is 0 Å². The maximum atomic E-state index is 6.05. The molecule has 0 atom stereocenters. The molecule has 2 N–H and O–H groups in total. The maximum absolute atomic E-state index is 6.05. The van der Waals surface area contributed by atoms with Crippen molar-refractivity contribution in [2.75, 3.05) is 26.3 Å². The largest absolute Gasteiger partial charge is 0.389 e. The van der Waals surface area contributed by atoms with E-state index in [2.05, 4.69) is 22.2 Å². The molecular weight excluding hydrogens is 302 g/mol. The Morgan fingerprint density at radius 2 is 1.79 bits per heavy atom. The lowest BCUT2D eigenvalue weighted by atomic mass is 10.1. The number of rotatable bonds is 6. The summed E-state index contributed by atoms with van der Waals surface area (Å²) in [4.78, 5) is 7.74. The van der Waals surface area contributed by atoms with Crippen LogP contribution in [0.1, 0.15) is 16.7 Å². The fourth-order valence-corrected chi connectivity index (χ4v) is 2.65. The second-order valence-electron chi connectivity index (χ2n) is 5.82. The summed E-state index contributed by atoms with van der Waals surface area (Å²) in [6.07, 6.45) is 0. The van der Waals surface area contributed by atoms with Gasteiger partial charge >= 0.3 is 0 Å². The summed E-state index contributed by atoms with van der Waals surface area (Å²) in [6.45, 7) is 4.85. The molecule has 0 aliphatic carbocycles. The molecule has 1 heterocycles. The second kappa shape index (κ2) is 8.47. The van der Waals surface area contributed by atoms with Gasteiger partial charge in [-0.3, -0.25) is 4.90 Å². The Bertz CT molecular complexity index is 667. The third kappa shape index (κ3) is 4.81. The summed E-state index contributed by atoms with van der Waals surface area (Å²) >= 11 is 0. The predicted octanol–water partition coefficient (Wildman–Crippen LogP) is 2.36. The number of morpholine rings is 1. The third-order valence-corrected chi connectivity index (χ3v) is 3.97. The number of amidine groups is 1. The lowest BCUT2D eigenvalue weighted by Crippen LogP contribution is -2.35. The fraction of sp³-hybridized carbons (Fsp3) is 0.316. The number of benzene rings is 2. The van der Waals surface area contributed by atoms with Gasteiger partial charge in [-0.1, -0.05) is 53.7 Å². The molecule has 3 rings (SSSR count). The van der Waals surface area contributed by atoms with Crippen molar-refractivity contribution < 1.29 is 9.57 Å². The van der Waals surface area contributed by atoms with E-state index >= 15 is 0 Å². The molecule has 1 fully saturated rings. The molecule has 1 aliphatic heterocycles. The molecule has 1 saturated heterocycles. The molecule has 2 aromatic rings. The molecule has 2 aromatic carbocycles. The van der Waals surface area contributed by atoms with Crippen LogP contribution in [0.3, 0.4) is 0 Å². The van der Waals surface area contributed by atoms with Crippen LogP contribution in [-0.4, -0.2) is 37.0 Å². The van der Waals surface area contributed by atoms with Gasteiger partial charge in [-0.2, -0.15) is 0 Å². The van der Waals surface area contributed by atoms with Gasteiger partial charge in [-0.25, -0.2) is 0 Å². The van der Waals surface area contributed by atoms with Gasteiger partial charge in [0.05, 0.1) is 13.2 Å². The number of ether oxygens (including phenoxy) is 1. The lowest BCUT2D eigenvalue weighted by molar-refractivity contribution is 0.0342. The predicted molar refractivity (Wildman–Crippen MR) is 94.5 cm³/mol. The Balaban J connectivity index is 1.58. The summed E-state index contributed by atoms with van der Waals surface area (Å²) < 4.78 is 5.38. The molecule has 1 aliphatic rings. The second-order valence-corrected chi connectivity index (χ2v) is 5.82. The molecule has 0 spiro atoms. The van der Waals surface area contributed by atoms with Crippen LogP contribution in [0, 0.1) is 0 Å². The maximum Gasteiger partial charge on any atom is 0.170 e. The Morgan fingerprint density at radius 1 is 1.04 bits per heavy atom. The monoisotopic (exact) mass is 325 g/mol. The first-order valence-corrected chi connectivity index (χ1v) is 8.20. The Morgan fingerprint density at radius 3 is 2.58 bits per heavy atom.